The Morgan fingerprint density at radius 1 is 1.76 bits per heavy atom. The van der Waals surface area contributed by atoms with E-state index in [-0.39, 0.29) is 12.4 Å². The van der Waals surface area contributed by atoms with Crippen molar-refractivity contribution >= 4 is 5.82 Å². The summed E-state index contributed by atoms with van der Waals surface area (Å²) in [5, 5.41) is 9.73. The van der Waals surface area contributed by atoms with Gasteiger partial charge in [0.15, 0.2) is 0 Å². The summed E-state index contributed by atoms with van der Waals surface area (Å²) in [6, 6.07) is 1.51. The van der Waals surface area contributed by atoms with Crippen LogP contribution in [0.2, 0.25) is 0 Å². The summed E-state index contributed by atoms with van der Waals surface area (Å²) >= 11 is 0. The van der Waals surface area contributed by atoms with Crippen LogP contribution in [0, 0.1) is 0 Å². The van der Waals surface area contributed by atoms with Crippen LogP contribution in [0.1, 0.15) is 12.6 Å². The number of anilines is 1. The molecule has 0 bridgehead atoms. The zero-order valence-electron chi connectivity index (χ0n) is 9.44. The maximum absolute atomic E-state index is 11.6. The SMILES string of the molecule is COCC1OC(n2ccc(N)nc2=O)CC1O. The zero-order chi connectivity index (χ0) is 12.4. The molecule has 1 fully saturated rings. The van der Waals surface area contributed by atoms with E-state index in [2.05, 4.69) is 4.98 Å². The molecule has 0 radical (unpaired) electrons. The Morgan fingerprint density at radius 3 is 3.18 bits per heavy atom. The molecule has 1 aliphatic heterocycles. The van der Waals surface area contributed by atoms with Crippen molar-refractivity contribution in [3.8, 4) is 0 Å². The van der Waals surface area contributed by atoms with E-state index in [0.29, 0.717) is 6.42 Å². The molecular formula is C10H15N3O4. The van der Waals surface area contributed by atoms with Crippen LogP contribution in [0.15, 0.2) is 17.1 Å². The van der Waals surface area contributed by atoms with Crippen molar-refractivity contribution in [1.29, 1.82) is 0 Å². The molecule has 7 heteroatoms. The number of rotatable bonds is 3. The average molecular weight is 241 g/mol. The van der Waals surface area contributed by atoms with E-state index in [0.717, 1.165) is 0 Å². The molecule has 17 heavy (non-hydrogen) atoms. The van der Waals surface area contributed by atoms with Gasteiger partial charge in [-0.2, -0.15) is 4.98 Å². The number of hydrogen-bond acceptors (Lipinski definition) is 6. The summed E-state index contributed by atoms with van der Waals surface area (Å²) in [5.41, 5.74) is 4.91. The largest absolute Gasteiger partial charge is 0.390 e. The van der Waals surface area contributed by atoms with Gasteiger partial charge in [0.25, 0.3) is 0 Å². The fourth-order valence-electron chi connectivity index (χ4n) is 1.85. The van der Waals surface area contributed by atoms with Crippen molar-refractivity contribution < 1.29 is 14.6 Å². The minimum absolute atomic E-state index is 0.165. The van der Waals surface area contributed by atoms with Gasteiger partial charge in [0.1, 0.15) is 18.1 Å². The van der Waals surface area contributed by atoms with Gasteiger partial charge in [0.05, 0.1) is 12.7 Å². The van der Waals surface area contributed by atoms with Gasteiger partial charge >= 0.3 is 5.69 Å². The molecule has 2 heterocycles. The third-order valence-corrected chi connectivity index (χ3v) is 2.70. The highest BCUT2D eigenvalue weighted by Crippen LogP contribution is 2.27. The molecule has 1 saturated heterocycles. The van der Waals surface area contributed by atoms with Crippen molar-refractivity contribution in [1.82, 2.24) is 9.55 Å². The monoisotopic (exact) mass is 241 g/mol. The van der Waals surface area contributed by atoms with Crippen LogP contribution in [0.3, 0.4) is 0 Å². The number of methoxy groups -OCH3 is 1. The third-order valence-electron chi connectivity index (χ3n) is 2.70. The number of aliphatic hydroxyl groups excluding tert-OH is 1. The Morgan fingerprint density at radius 2 is 2.53 bits per heavy atom. The topological polar surface area (TPSA) is 99.6 Å². The molecule has 0 aromatic carbocycles. The maximum Gasteiger partial charge on any atom is 0.351 e. The van der Waals surface area contributed by atoms with Crippen molar-refractivity contribution in [2.24, 2.45) is 0 Å². The molecule has 3 N–H and O–H groups in total. The molecular weight excluding hydrogens is 226 g/mol. The first-order valence-electron chi connectivity index (χ1n) is 5.29. The van der Waals surface area contributed by atoms with E-state index < -0.39 is 24.1 Å². The van der Waals surface area contributed by atoms with Crippen molar-refractivity contribution in [3.63, 3.8) is 0 Å². The van der Waals surface area contributed by atoms with Gasteiger partial charge in [0.2, 0.25) is 0 Å². The van der Waals surface area contributed by atoms with Gasteiger partial charge in [-0.25, -0.2) is 4.79 Å². The van der Waals surface area contributed by atoms with E-state index in [9.17, 15) is 9.90 Å². The summed E-state index contributed by atoms with van der Waals surface area (Å²) in [5.74, 6) is 0.165. The van der Waals surface area contributed by atoms with Gasteiger partial charge in [0, 0.05) is 19.7 Å². The number of aromatic nitrogens is 2. The molecule has 94 valence electrons. The van der Waals surface area contributed by atoms with Crippen LogP contribution in [-0.2, 0) is 9.47 Å². The van der Waals surface area contributed by atoms with Gasteiger partial charge in [-0.05, 0) is 6.07 Å². The second-order valence-electron chi connectivity index (χ2n) is 3.93. The molecule has 3 unspecified atom stereocenters. The molecule has 1 aromatic rings. The summed E-state index contributed by atoms with van der Waals surface area (Å²) in [4.78, 5) is 15.2. The number of nitrogens with zero attached hydrogens (tertiary/aromatic N) is 2. The van der Waals surface area contributed by atoms with Crippen molar-refractivity contribution in [2.75, 3.05) is 19.5 Å². The summed E-state index contributed by atoms with van der Waals surface area (Å²) in [6.45, 7) is 0.287. The number of nitrogen functional groups attached to an aromatic ring is 1. The smallest absolute Gasteiger partial charge is 0.351 e. The van der Waals surface area contributed by atoms with Crippen molar-refractivity contribution in [3.05, 3.63) is 22.7 Å². The van der Waals surface area contributed by atoms with Crippen LogP contribution >= 0.6 is 0 Å². The quantitative estimate of drug-likeness (QED) is 0.713. The number of ether oxygens (including phenoxy) is 2. The first-order valence-corrected chi connectivity index (χ1v) is 5.29. The van der Waals surface area contributed by atoms with E-state index in [1.54, 1.807) is 0 Å². The second-order valence-corrected chi connectivity index (χ2v) is 3.93. The minimum atomic E-state index is -0.649. The Labute approximate surface area is 97.8 Å². The molecule has 0 spiro atoms. The zero-order valence-corrected chi connectivity index (χ0v) is 9.44. The summed E-state index contributed by atoms with van der Waals surface area (Å²) in [6.07, 6.45) is 0.251. The normalized spacial score (nSPS) is 28.5. The van der Waals surface area contributed by atoms with E-state index >= 15 is 0 Å². The van der Waals surface area contributed by atoms with Crippen LogP contribution in [0.5, 0.6) is 0 Å². The molecule has 1 aliphatic rings. The minimum Gasteiger partial charge on any atom is -0.390 e. The van der Waals surface area contributed by atoms with E-state index in [4.69, 9.17) is 15.2 Å². The summed E-state index contributed by atoms with van der Waals surface area (Å²) in [7, 11) is 1.53. The third kappa shape index (κ3) is 2.46. The van der Waals surface area contributed by atoms with Gasteiger partial charge in [-0.3, -0.25) is 4.57 Å². The average Bonchev–Trinajstić information content (AvgIpc) is 2.60. The highest BCUT2D eigenvalue weighted by molar-refractivity contribution is 5.23. The van der Waals surface area contributed by atoms with Crippen LogP contribution in [-0.4, -0.2) is 40.6 Å². The molecule has 2 rings (SSSR count). The molecule has 0 aliphatic carbocycles. The number of nitrogens with two attached hydrogens (primary N) is 1. The fourth-order valence-corrected chi connectivity index (χ4v) is 1.85. The Bertz CT molecular complexity index is 447. The number of hydrogen-bond donors (Lipinski definition) is 2. The van der Waals surface area contributed by atoms with Gasteiger partial charge in [-0.1, -0.05) is 0 Å². The number of aliphatic hydroxyl groups is 1. The van der Waals surface area contributed by atoms with E-state index in [1.807, 2.05) is 0 Å². The molecule has 1 aromatic heterocycles. The lowest BCUT2D eigenvalue weighted by molar-refractivity contribution is -0.0546. The highest BCUT2D eigenvalue weighted by atomic mass is 16.6. The molecule has 3 atom stereocenters. The molecule has 0 amide bonds. The Hall–Kier alpha value is -1.44. The molecule has 7 nitrogen and oxygen atoms in total. The highest BCUT2D eigenvalue weighted by Gasteiger charge is 2.35. The van der Waals surface area contributed by atoms with Crippen LogP contribution in [0.25, 0.3) is 0 Å². The lowest BCUT2D eigenvalue weighted by Gasteiger charge is -2.15. The predicted octanol–water partition coefficient (Wildman–Crippen LogP) is -0.880. The first kappa shape index (κ1) is 12.0. The predicted molar refractivity (Wildman–Crippen MR) is 59.3 cm³/mol. The lowest BCUT2D eigenvalue weighted by Crippen LogP contribution is -2.28. The van der Waals surface area contributed by atoms with E-state index in [1.165, 1.54) is 23.9 Å². The Balaban J connectivity index is 2.17. The summed E-state index contributed by atoms with van der Waals surface area (Å²) < 4.78 is 11.8. The standard InChI is InChI=1S/C10H15N3O4/c1-16-5-7-6(14)4-9(17-7)13-3-2-8(11)12-10(13)15/h2-3,6-7,9,14H,4-5H2,1H3,(H2,11,12,15). The van der Waals surface area contributed by atoms with Gasteiger partial charge < -0.3 is 20.3 Å². The molecule has 0 saturated carbocycles. The van der Waals surface area contributed by atoms with Gasteiger partial charge in [-0.15, -0.1) is 0 Å². The van der Waals surface area contributed by atoms with Crippen LogP contribution in [0.4, 0.5) is 5.82 Å². The lowest BCUT2D eigenvalue weighted by atomic mass is 10.2. The van der Waals surface area contributed by atoms with Crippen LogP contribution < -0.4 is 11.4 Å². The second kappa shape index (κ2) is 4.82. The first-order chi connectivity index (χ1) is 8.11. The fraction of sp³-hybridized carbons (Fsp3) is 0.600. The van der Waals surface area contributed by atoms with Crippen molar-refractivity contribution in [2.45, 2.75) is 24.9 Å². The maximum atomic E-state index is 11.6. The Kier molecular flexibility index (Phi) is 3.41.